The Labute approximate surface area is 134 Å². The van der Waals surface area contributed by atoms with Crippen LogP contribution >= 0.6 is 0 Å². The molecule has 0 fully saturated rings. The number of hydrogen-bond donors (Lipinski definition) is 0. The maximum atomic E-state index is 14.0. The van der Waals surface area contributed by atoms with Crippen molar-refractivity contribution in [2.24, 2.45) is 0 Å². The molecule has 1 aromatic carbocycles. The van der Waals surface area contributed by atoms with Gasteiger partial charge in [0.25, 0.3) is 11.4 Å². The highest BCUT2D eigenvalue weighted by Gasteiger charge is 2.31. The summed E-state index contributed by atoms with van der Waals surface area (Å²) in [5.41, 5.74) is -2.49. The summed E-state index contributed by atoms with van der Waals surface area (Å²) < 4.78 is 18.4. The molecule has 0 spiro atoms. The van der Waals surface area contributed by atoms with E-state index in [4.69, 9.17) is 0 Å². The summed E-state index contributed by atoms with van der Waals surface area (Å²) in [5.74, 6) is -2.09. The molecule has 0 aliphatic rings. The Morgan fingerprint density at radius 3 is 2.17 bits per heavy atom. The van der Waals surface area contributed by atoms with Crippen molar-refractivity contribution < 1.29 is 23.8 Å². The number of aryl methyl sites for hydroxylation is 1. The van der Waals surface area contributed by atoms with Gasteiger partial charge in [0.1, 0.15) is 5.56 Å². The first-order valence-electron chi connectivity index (χ1n) is 6.44. The molecule has 0 radical (unpaired) electrons. The van der Waals surface area contributed by atoms with Crippen LogP contribution in [0.5, 0.6) is 0 Å². The number of aromatic nitrogens is 1. The number of nitro groups is 2. The van der Waals surface area contributed by atoms with Gasteiger partial charge in [-0.25, -0.2) is 9.78 Å². The Morgan fingerprint density at radius 1 is 1.17 bits per heavy atom. The van der Waals surface area contributed by atoms with E-state index in [9.17, 15) is 29.4 Å². The molecule has 1 heterocycles. The zero-order chi connectivity index (χ0) is 18.0. The third-order valence-corrected chi connectivity index (χ3v) is 3.16. The second-order valence-electron chi connectivity index (χ2n) is 4.75. The van der Waals surface area contributed by atoms with E-state index >= 15 is 0 Å². The van der Waals surface area contributed by atoms with Crippen LogP contribution in [0.1, 0.15) is 15.9 Å². The second kappa shape index (κ2) is 6.36. The number of nitro benzene ring substituents is 2. The Hall–Kier alpha value is -3.43. The van der Waals surface area contributed by atoms with Crippen molar-refractivity contribution in [3.05, 3.63) is 61.7 Å². The van der Waals surface area contributed by atoms with Crippen molar-refractivity contribution in [3.63, 3.8) is 0 Å². The van der Waals surface area contributed by atoms with E-state index < -0.39 is 44.3 Å². The minimum absolute atomic E-state index is 0.388. The van der Waals surface area contributed by atoms with Crippen LogP contribution in [0.25, 0.3) is 11.1 Å². The molecule has 0 N–H and O–H groups in total. The normalized spacial score (nSPS) is 10.3. The van der Waals surface area contributed by atoms with Crippen molar-refractivity contribution in [2.75, 3.05) is 7.11 Å². The lowest BCUT2D eigenvalue weighted by Crippen LogP contribution is -2.06. The molecule has 0 saturated carbocycles. The van der Waals surface area contributed by atoms with Crippen molar-refractivity contribution in [1.82, 2.24) is 4.98 Å². The molecular formula is C14H10FN3O6. The molecule has 124 valence electrons. The van der Waals surface area contributed by atoms with E-state index in [1.54, 1.807) is 6.92 Å². The van der Waals surface area contributed by atoms with Gasteiger partial charge in [0, 0.05) is 18.3 Å². The number of nitrogens with zero attached hydrogens (tertiary/aromatic N) is 3. The summed E-state index contributed by atoms with van der Waals surface area (Å²) in [4.78, 5) is 35.8. The quantitative estimate of drug-likeness (QED) is 0.364. The Morgan fingerprint density at radius 2 is 1.71 bits per heavy atom. The van der Waals surface area contributed by atoms with Gasteiger partial charge in [0.05, 0.1) is 28.1 Å². The van der Waals surface area contributed by atoms with Crippen LogP contribution in [0.15, 0.2) is 24.4 Å². The molecule has 0 aliphatic heterocycles. The molecular weight excluding hydrogens is 325 g/mol. The Balaban J connectivity index is 2.92. The van der Waals surface area contributed by atoms with Crippen LogP contribution in [-0.4, -0.2) is 27.9 Å². The highest BCUT2D eigenvalue weighted by molar-refractivity contribution is 5.95. The lowest BCUT2D eigenvalue weighted by atomic mass is 9.99. The smallest absolute Gasteiger partial charge is 0.338 e. The summed E-state index contributed by atoms with van der Waals surface area (Å²) in [7, 11) is 1.03. The van der Waals surface area contributed by atoms with E-state index in [2.05, 4.69) is 9.72 Å². The fraction of sp³-hybridized carbons (Fsp3) is 0.143. The lowest BCUT2D eigenvalue weighted by Gasteiger charge is -2.08. The van der Waals surface area contributed by atoms with Gasteiger partial charge in [-0.3, -0.25) is 20.2 Å². The molecule has 0 unspecified atom stereocenters. The zero-order valence-electron chi connectivity index (χ0n) is 12.5. The average molecular weight is 335 g/mol. The molecule has 2 aromatic rings. The molecule has 2 rings (SSSR count). The average Bonchev–Trinajstić information content (AvgIpc) is 2.54. The van der Waals surface area contributed by atoms with Gasteiger partial charge in [-0.1, -0.05) is 0 Å². The van der Waals surface area contributed by atoms with Crippen molar-refractivity contribution in [2.45, 2.75) is 6.92 Å². The first-order valence-corrected chi connectivity index (χ1v) is 6.44. The third kappa shape index (κ3) is 3.02. The van der Waals surface area contributed by atoms with Crippen LogP contribution < -0.4 is 0 Å². The van der Waals surface area contributed by atoms with Gasteiger partial charge < -0.3 is 4.74 Å². The molecule has 0 aliphatic carbocycles. The monoisotopic (exact) mass is 335 g/mol. The summed E-state index contributed by atoms with van der Waals surface area (Å²) >= 11 is 0. The molecule has 0 saturated heterocycles. The van der Waals surface area contributed by atoms with Crippen LogP contribution in [0.4, 0.5) is 15.8 Å². The molecule has 9 nitrogen and oxygen atoms in total. The number of methoxy groups -OCH3 is 1. The number of esters is 1. The standard InChI is InChI=1S/C14H10FN3O6/c1-7-3-9(13(15)16-6-7)12-10(17(20)21)4-8(14(19)24-2)5-11(12)18(22)23/h3-6H,1-2H3. The highest BCUT2D eigenvalue weighted by Crippen LogP contribution is 2.40. The summed E-state index contributed by atoms with van der Waals surface area (Å²) in [6.07, 6.45) is 1.18. The molecule has 0 amide bonds. The van der Waals surface area contributed by atoms with Crippen molar-refractivity contribution >= 4 is 17.3 Å². The SMILES string of the molecule is COC(=O)c1cc([N+](=O)[O-])c(-c2cc(C)cnc2F)c([N+](=O)[O-])c1. The third-order valence-electron chi connectivity index (χ3n) is 3.16. The van der Waals surface area contributed by atoms with Crippen LogP contribution in [0, 0.1) is 33.1 Å². The second-order valence-corrected chi connectivity index (χ2v) is 4.75. The molecule has 24 heavy (non-hydrogen) atoms. The van der Waals surface area contributed by atoms with Crippen LogP contribution in [-0.2, 0) is 4.74 Å². The van der Waals surface area contributed by atoms with E-state index in [1.807, 2.05) is 0 Å². The minimum atomic E-state index is -1.10. The number of halogens is 1. The topological polar surface area (TPSA) is 125 Å². The predicted octanol–water partition coefficient (Wildman–Crippen LogP) is 2.80. The number of pyridine rings is 1. The Bertz CT molecular complexity index is 833. The van der Waals surface area contributed by atoms with Gasteiger partial charge in [-0.2, -0.15) is 4.39 Å². The minimum Gasteiger partial charge on any atom is -0.465 e. The van der Waals surface area contributed by atoms with E-state index in [0.29, 0.717) is 5.56 Å². The van der Waals surface area contributed by atoms with Gasteiger partial charge in [-0.15, -0.1) is 0 Å². The van der Waals surface area contributed by atoms with Crippen molar-refractivity contribution in [3.8, 4) is 11.1 Å². The number of hydrogen-bond acceptors (Lipinski definition) is 7. The lowest BCUT2D eigenvalue weighted by molar-refractivity contribution is -0.392. The van der Waals surface area contributed by atoms with E-state index in [1.165, 1.54) is 12.3 Å². The molecule has 1 aromatic heterocycles. The maximum Gasteiger partial charge on any atom is 0.338 e. The fourth-order valence-corrected chi connectivity index (χ4v) is 2.14. The zero-order valence-corrected chi connectivity index (χ0v) is 12.5. The number of carbonyl (C=O) groups excluding carboxylic acids is 1. The highest BCUT2D eigenvalue weighted by atomic mass is 19.1. The number of benzene rings is 1. The number of carbonyl (C=O) groups is 1. The number of rotatable bonds is 4. The van der Waals surface area contributed by atoms with Crippen molar-refractivity contribution in [1.29, 1.82) is 0 Å². The van der Waals surface area contributed by atoms with Gasteiger partial charge in [0.2, 0.25) is 5.95 Å². The fourth-order valence-electron chi connectivity index (χ4n) is 2.14. The van der Waals surface area contributed by atoms with Crippen LogP contribution in [0.2, 0.25) is 0 Å². The van der Waals surface area contributed by atoms with E-state index in [-0.39, 0.29) is 5.56 Å². The molecule has 0 atom stereocenters. The largest absolute Gasteiger partial charge is 0.465 e. The molecule has 10 heteroatoms. The maximum absolute atomic E-state index is 14.0. The van der Waals surface area contributed by atoms with Gasteiger partial charge >= 0.3 is 5.97 Å². The first-order chi connectivity index (χ1) is 11.3. The molecule has 0 bridgehead atoms. The predicted molar refractivity (Wildman–Crippen MR) is 79.0 cm³/mol. The summed E-state index contributed by atoms with van der Waals surface area (Å²) in [5, 5.41) is 22.6. The van der Waals surface area contributed by atoms with Gasteiger partial charge in [0.15, 0.2) is 0 Å². The van der Waals surface area contributed by atoms with Crippen LogP contribution in [0.3, 0.4) is 0 Å². The van der Waals surface area contributed by atoms with E-state index in [0.717, 1.165) is 19.2 Å². The summed E-state index contributed by atoms with van der Waals surface area (Å²) in [6.45, 7) is 1.55. The first kappa shape index (κ1) is 16.9. The summed E-state index contributed by atoms with van der Waals surface area (Å²) in [6, 6.07) is 2.81. The number of ether oxygens (including phenoxy) is 1. The van der Waals surface area contributed by atoms with Gasteiger partial charge in [-0.05, 0) is 18.6 Å². The Kier molecular flexibility index (Phi) is 4.49.